The Balaban J connectivity index is 2.32. The highest BCUT2D eigenvalue weighted by Gasteiger charge is 2.43. The summed E-state index contributed by atoms with van der Waals surface area (Å²) in [6, 6.07) is 30.8. The number of rotatable bonds is 4. The SMILES string of the molecule is C#CO[Si](c1ccccc1)(c1ccccc1)c1ccccc1. The molecule has 0 aliphatic rings. The molecule has 0 unspecified atom stereocenters. The van der Waals surface area contributed by atoms with Crippen molar-refractivity contribution in [1.29, 1.82) is 0 Å². The Morgan fingerprint density at radius 3 is 1.18 bits per heavy atom. The van der Waals surface area contributed by atoms with Crippen molar-refractivity contribution < 1.29 is 4.43 Å². The van der Waals surface area contributed by atoms with E-state index in [1.54, 1.807) is 0 Å². The van der Waals surface area contributed by atoms with E-state index in [0.717, 1.165) is 15.6 Å². The molecule has 0 saturated heterocycles. The lowest BCUT2D eigenvalue weighted by molar-refractivity contribution is 0.540. The van der Waals surface area contributed by atoms with E-state index in [0.29, 0.717) is 0 Å². The zero-order valence-corrected chi connectivity index (χ0v) is 13.1. The van der Waals surface area contributed by atoms with Gasteiger partial charge in [-0.05, 0) is 15.6 Å². The van der Waals surface area contributed by atoms with Gasteiger partial charge >= 0.3 is 8.32 Å². The van der Waals surface area contributed by atoms with E-state index in [2.05, 4.69) is 42.5 Å². The molecule has 0 radical (unpaired) electrons. The third kappa shape index (κ3) is 2.43. The van der Waals surface area contributed by atoms with Crippen molar-refractivity contribution in [2.45, 2.75) is 0 Å². The molecule has 3 aromatic rings. The van der Waals surface area contributed by atoms with Crippen LogP contribution in [-0.4, -0.2) is 8.32 Å². The first-order chi connectivity index (χ1) is 10.9. The molecule has 0 atom stereocenters. The molecule has 0 bridgehead atoms. The van der Waals surface area contributed by atoms with E-state index in [1.165, 1.54) is 0 Å². The largest absolute Gasteiger partial charge is 0.486 e. The minimum atomic E-state index is -2.66. The summed E-state index contributed by atoms with van der Waals surface area (Å²) in [5.41, 5.74) is 0. The van der Waals surface area contributed by atoms with Crippen LogP contribution in [0.25, 0.3) is 0 Å². The highest BCUT2D eigenvalue weighted by Crippen LogP contribution is 2.08. The predicted octanol–water partition coefficient (Wildman–Crippen LogP) is 2.26. The standard InChI is InChI=1S/C20H16OSi/c1-2-21-22(18-12-6-3-7-13-18,19-14-8-4-9-15-19)20-16-10-5-11-17-20/h1,3-17H. The minimum absolute atomic E-state index is 1.14. The van der Waals surface area contributed by atoms with Gasteiger partial charge in [0.25, 0.3) is 0 Å². The van der Waals surface area contributed by atoms with Crippen molar-refractivity contribution in [2.75, 3.05) is 0 Å². The average molecular weight is 300 g/mol. The van der Waals surface area contributed by atoms with E-state index >= 15 is 0 Å². The van der Waals surface area contributed by atoms with Gasteiger partial charge in [0.15, 0.2) is 0 Å². The lowest BCUT2D eigenvalue weighted by Gasteiger charge is -2.30. The van der Waals surface area contributed by atoms with Crippen LogP contribution in [0.15, 0.2) is 91.0 Å². The minimum Gasteiger partial charge on any atom is -0.486 e. The molecule has 0 saturated carbocycles. The van der Waals surface area contributed by atoms with Gasteiger partial charge in [-0.15, -0.1) is 0 Å². The summed E-state index contributed by atoms with van der Waals surface area (Å²) in [4.78, 5) is 0. The summed E-state index contributed by atoms with van der Waals surface area (Å²) in [5.74, 6) is 0. The third-order valence-corrected chi connectivity index (χ3v) is 7.62. The number of benzene rings is 3. The van der Waals surface area contributed by atoms with Gasteiger partial charge in [-0.25, -0.2) is 0 Å². The van der Waals surface area contributed by atoms with Crippen LogP contribution in [-0.2, 0) is 4.43 Å². The highest BCUT2D eigenvalue weighted by molar-refractivity contribution is 7.07. The van der Waals surface area contributed by atoms with Gasteiger partial charge in [0, 0.05) is 0 Å². The molecule has 3 aromatic carbocycles. The van der Waals surface area contributed by atoms with Crippen LogP contribution in [0.4, 0.5) is 0 Å². The molecule has 0 fully saturated rings. The summed E-state index contributed by atoms with van der Waals surface area (Å²) >= 11 is 0. The monoisotopic (exact) mass is 300 g/mol. The molecule has 0 aliphatic heterocycles. The highest BCUT2D eigenvalue weighted by atomic mass is 28.4. The van der Waals surface area contributed by atoms with Crippen LogP contribution in [0.1, 0.15) is 0 Å². The normalized spacial score (nSPS) is 10.7. The fraction of sp³-hybridized carbons (Fsp3) is 0. The van der Waals surface area contributed by atoms with Gasteiger partial charge in [-0.1, -0.05) is 97.4 Å². The summed E-state index contributed by atoms with van der Waals surface area (Å²) in [6.07, 6.45) is 8.05. The van der Waals surface area contributed by atoms with Crippen molar-refractivity contribution in [3.8, 4) is 12.5 Å². The van der Waals surface area contributed by atoms with Gasteiger partial charge in [-0.2, -0.15) is 0 Å². The topological polar surface area (TPSA) is 9.23 Å². The fourth-order valence-electron chi connectivity index (χ4n) is 2.78. The molecule has 0 N–H and O–H groups in total. The van der Waals surface area contributed by atoms with Crippen LogP contribution in [0.2, 0.25) is 0 Å². The van der Waals surface area contributed by atoms with Gasteiger partial charge in [-0.3, -0.25) is 0 Å². The van der Waals surface area contributed by atoms with E-state index in [-0.39, 0.29) is 0 Å². The van der Waals surface area contributed by atoms with Crippen molar-refractivity contribution in [3.63, 3.8) is 0 Å². The van der Waals surface area contributed by atoms with Crippen LogP contribution in [0.5, 0.6) is 0 Å². The van der Waals surface area contributed by atoms with Crippen LogP contribution >= 0.6 is 0 Å². The second kappa shape index (κ2) is 6.34. The first kappa shape index (κ1) is 14.2. The Labute approximate surface area is 132 Å². The second-order valence-electron chi connectivity index (χ2n) is 5.00. The lowest BCUT2D eigenvalue weighted by atomic mass is 10.3. The van der Waals surface area contributed by atoms with Crippen molar-refractivity contribution in [2.24, 2.45) is 0 Å². The van der Waals surface area contributed by atoms with E-state index in [1.807, 2.05) is 54.6 Å². The molecule has 0 aromatic heterocycles. The zero-order valence-electron chi connectivity index (χ0n) is 12.1. The van der Waals surface area contributed by atoms with E-state index < -0.39 is 8.32 Å². The van der Waals surface area contributed by atoms with E-state index in [9.17, 15) is 0 Å². The third-order valence-electron chi connectivity index (χ3n) is 3.75. The summed E-state index contributed by atoms with van der Waals surface area (Å²) in [6.45, 7) is 0. The van der Waals surface area contributed by atoms with Gasteiger partial charge < -0.3 is 4.43 Å². The first-order valence-corrected chi connectivity index (χ1v) is 9.09. The fourth-order valence-corrected chi connectivity index (χ4v) is 6.30. The maximum Gasteiger partial charge on any atom is 0.359 e. The summed E-state index contributed by atoms with van der Waals surface area (Å²) in [7, 11) is -2.66. The zero-order chi connectivity index (χ0) is 15.3. The molecular formula is C20H16OSi. The molecular weight excluding hydrogens is 284 g/mol. The summed E-state index contributed by atoms with van der Waals surface area (Å²) in [5, 5.41) is 3.43. The van der Waals surface area contributed by atoms with E-state index in [4.69, 9.17) is 10.8 Å². The summed E-state index contributed by atoms with van der Waals surface area (Å²) < 4.78 is 6.05. The van der Waals surface area contributed by atoms with Crippen LogP contribution in [0.3, 0.4) is 0 Å². The Kier molecular flexibility index (Phi) is 4.09. The molecule has 22 heavy (non-hydrogen) atoms. The maximum atomic E-state index is 6.05. The molecule has 0 amide bonds. The first-order valence-electron chi connectivity index (χ1n) is 7.18. The van der Waals surface area contributed by atoms with Crippen molar-refractivity contribution >= 4 is 23.9 Å². The van der Waals surface area contributed by atoms with Crippen molar-refractivity contribution in [3.05, 3.63) is 91.0 Å². The van der Waals surface area contributed by atoms with Gasteiger partial charge in [0.2, 0.25) is 0 Å². The number of terminal acetylenes is 1. The van der Waals surface area contributed by atoms with Crippen molar-refractivity contribution in [1.82, 2.24) is 0 Å². The smallest absolute Gasteiger partial charge is 0.359 e. The Morgan fingerprint density at radius 2 is 0.909 bits per heavy atom. The van der Waals surface area contributed by atoms with Crippen LogP contribution < -0.4 is 15.6 Å². The second-order valence-corrected chi connectivity index (χ2v) is 8.30. The molecule has 0 heterocycles. The van der Waals surface area contributed by atoms with Gasteiger partial charge in [0.05, 0.1) is 6.11 Å². The number of hydrogen-bond donors (Lipinski definition) is 0. The molecule has 3 rings (SSSR count). The molecule has 0 aliphatic carbocycles. The predicted molar refractivity (Wildman–Crippen MR) is 93.9 cm³/mol. The van der Waals surface area contributed by atoms with Gasteiger partial charge in [0.1, 0.15) is 0 Å². The average Bonchev–Trinajstić information content (AvgIpc) is 2.62. The molecule has 0 spiro atoms. The Bertz CT molecular complexity index is 664. The molecule has 1 nitrogen and oxygen atoms in total. The number of hydrogen-bond acceptors (Lipinski definition) is 1. The molecule has 2 heteroatoms. The van der Waals surface area contributed by atoms with Crippen LogP contribution in [0, 0.1) is 12.5 Å². The Morgan fingerprint density at radius 1 is 0.591 bits per heavy atom. The lowest BCUT2D eigenvalue weighted by Crippen LogP contribution is -2.68. The molecule has 106 valence electrons. The maximum absolute atomic E-state index is 6.05. The Hall–Kier alpha value is -2.76. The quantitative estimate of drug-likeness (QED) is 0.408.